The lowest BCUT2D eigenvalue weighted by atomic mass is 9.43. The van der Waals surface area contributed by atoms with E-state index in [0.29, 0.717) is 34.8 Å². The average molecular weight is 950 g/mol. The monoisotopic (exact) mass is 949 g/mol. The predicted molar refractivity (Wildman–Crippen MR) is 249 cm³/mol. The van der Waals surface area contributed by atoms with E-state index >= 15 is 9.59 Å². The van der Waals surface area contributed by atoms with E-state index in [2.05, 4.69) is 5.32 Å². The van der Waals surface area contributed by atoms with Gasteiger partial charge in [-0.05, 0) is 81.6 Å². The van der Waals surface area contributed by atoms with Crippen LogP contribution in [0.4, 0.5) is 4.79 Å². The third kappa shape index (κ3) is 9.26. The number of hydrogen-bond acceptors (Lipinski definition) is 14. The number of alkyl carbamates (subject to hydrolysis) is 1. The number of Topliss-reactive ketones (excluding diaryl/α,β-unsaturated/α-hetero) is 1. The van der Waals surface area contributed by atoms with Crippen molar-refractivity contribution in [1.82, 2.24) is 5.32 Å². The summed E-state index contributed by atoms with van der Waals surface area (Å²) in [7, 11) is -1.26. The first-order chi connectivity index (χ1) is 31.4. The minimum Gasteiger partial charge on any atom is -0.456 e. The van der Waals surface area contributed by atoms with Gasteiger partial charge in [-0.2, -0.15) is 0 Å². The molecule has 4 aliphatic rings. The molecule has 2 unspecified atom stereocenters. The zero-order valence-corrected chi connectivity index (χ0v) is 42.1. The third-order valence-electron chi connectivity index (χ3n) is 15.4. The van der Waals surface area contributed by atoms with Crippen LogP contribution in [0.3, 0.4) is 0 Å². The Balaban J connectivity index is 1.58. The highest BCUT2D eigenvalue weighted by Gasteiger charge is 2.78. The van der Waals surface area contributed by atoms with Crippen molar-refractivity contribution in [2.24, 2.45) is 22.7 Å². The quantitative estimate of drug-likeness (QED) is 0.0701. The molecule has 2 aromatic carbocycles. The zero-order chi connectivity index (χ0) is 49.5. The predicted octanol–water partition coefficient (Wildman–Crippen LogP) is 7.19. The number of ketones is 1. The van der Waals surface area contributed by atoms with Crippen molar-refractivity contribution >= 4 is 38.1 Å². The van der Waals surface area contributed by atoms with E-state index in [1.807, 2.05) is 26.8 Å². The molecule has 1 heterocycles. The van der Waals surface area contributed by atoms with E-state index in [4.69, 9.17) is 32.8 Å². The maximum Gasteiger partial charge on any atom is 0.408 e. The molecule has 15 nitrogen and oxygen atoms in total. The molecule has 2 saturated carbocycles. The van der Waals surface area contributed by atoms with Gasteiger partial charge in [0, 0.05) is 32.3 Å². The molecule has 11 atom stereocenters. The summed E-state index contributed by atoms with van der Waals surface area (Å²) in [6, 6.07) is 17.9. The molecular formula is C51H71NO14Si. The Hall–Kier alpha value is -4.45. The van der Waals surface area contributed by atoms with Crippen LogP contribution < -0.4 is 5.32 Å². The van der Waals surface area contributed by atoms with Gasteiger partial charge in [0.05, 0.1) is 48.2 Å². The van der Waals surface area contributed by atoms with Crippen LogP contribution in [0.15, 0.2) is 71.8 Å². The van der Waals surface area contributed by atoms with Crippen LogP contribution in [0.25, 0.3) is 0 Å². The maximum atomic E-state index is 15.8. The molecule has 3 N–H and O–H groups in total. The number of hydrogen-bond donors (Lipinski definition) is 3. The SMILES string of the molecule is CC[Si](CC)(CC)O[C@@H](C(=O)O[C@H]1C[C@@]2(O)[C@@H](OC(=O)c3ccccc3)C3[C@](C)(C(=O)[C@H](CO)C(=C1C)C2(C)C)[C@@H](OC)C[C@H]1OC[C@@]31OC(C)=O)C(NC(=O)OC(C)(C)C)c1ccccc1. The van der Waals surface area contributed by atoms with E-state index in [1.165, 1.54) is 14.0 Å². The van der Waals surface area contributed by atoms with Crippen LogP contribution in [0.5, 0.6) is 0 Å². The van der Waals surface area contributed by atoms with Gasteiger partial charge in [-0.3, -0.25) is 9.59 Å². The Morgan fingerprint density at radius 1 is 0.940 bits per heavy atom. The fourth-order valence-corrected chi connectivity index (χ4v) is 14.4. The smallest absolute Gasteiger partial charge is 0.408 e. The topological polar surface area (TPSA) is 202 Å². The average Bonchev–Trinajstić information content (AvgIpc) is 3.27. The first kappa shape index (κ1) is 51.9. The number of ether oxygens (including phenoxy) is 6. The number of benzene rings is 2. The Morgan fingerprint density at radius 2 is 1.54 bits per heavy atom. The summed E-state index contributed by atoms with van der Waals surface area (Å²) in [6.07, 6.45) is -7.21. The fourth-order valence-electron chi connectivity index (χ4n) is 11.7. The first-order valence-electron chi connectivity index (χ1n) is 23.6. The summed E-state index contributed by atoms with van der Waals surface area (Å²) in [6.45, 7) is 18.3. The second-order valence-electron chi connectivity index (χ2n) is 20.5. The van der Waals surface area contributed by atoms with E-state index < -0.39 is 121 Å². The van der Waals surface area contributed by atoms with Crippen molar-refractivity contribution in [3.8, 4) is 0 Å². The highest BCUT2D eigenvalue weighted by atomic mass is 28.4. The number of fused-ring (bicyclic) bond motifs is 5. The van der Waals surface area contributed by atoms with Gasteiger partial charge in [0.25, 0.3) is 0 Å². The summed E-state index contributed by atoms with van der Waals surface area (Å²) in [5, 5.41) is 28.4. The molecule has 368 valence electrons. The van der Waals surface area contributed by atoms with Crippen LogP contribution in [-0.2, 0) is 47.2 Å². The number of aliphatic hydroxyl groups is 2. The molecule has 2 bridgehead atoms. The molecule has 2 aromatic rings. The second-order valence-corrected chi connectivity index (χ2v) is 25.2. The van der Waals surface area contributed by atoms with Gasteiger partial charge in [0.15, 0.2) is 25.8 Å². The molecule has 0 spiro atoms. The number of esters is 3. The number of nitrogens with one attached hydrogen (secondary N) is 1. The second kappa shape index (κ2) is 19.5. The third-order valence-corrected chi connectivity index (χ3v) is 20.1. The lowest BCUT2D eigenvalue weighted by Crippen LogP contribution is -2.81. The van der Waals surface area contributed by atoms with Crippen LogP contribution in [0.1, 0.15) is 111 Å². The molecule has 6 rings (SSSR count). The van der Waals surface area contributed by atoms with Crippen molar-refractivity contribution in [1.29, 1.82) is 0 Å². The van der Waals surface area contributed by atoms with Crippen LogP contribution in [-0.4, -0.2) is 116 Å². The molecule has 1 saturated heterocycles. The highest BCUT2D eigenvalue weighted by molar-refractivity contribution is 6.73. The molecule has 67 heavy (non-hydrogen) atoms. The number of rotatable bonds is 15. The van der Waals surface area contributed by atoms with Crippen molar-refractivity contribution in [3.05, 3.63) is 82.9 Å². The van der Waals surface area contributed by atoms with E-state index in [9.17, 15) is 24.6 Å². The van der Waals surface area contributed by atoms with E-state index in [-0.39, 0.29) is 25.0 Å². The van der Waals surface area contributed by atoms with Gasteiger partial charge >= 0.3 is 24.0 Å². The minimum absolute atomic E-state index is 0.111. The molecule has 0 radical (unpaired) electrons. The standard InChI is InChI=1S/C51H71NO14Si/c1-13-67(14-2,15-3)66-40(39(32-22-18-16-19-23-32)52-46(58)65-47(6,7)8)45(57)62-35-27-51(59)43(63-44(56)33-24-20-17-21-25-33)41-49(11,42(55)34(28-53)38(30(35)4)48(51,9)10)36(60-12)26-37-50(41,29-61-37)64-31(5)54/h16-25,34-37,39-41,43,53,59H,13-15,26-29H2,1-12H3,(H,52,58)/t34-,35+,36+,37-,39?,40-,41?,43+,49-,50+,51-/m1/s1. The number of carbonyl (C=O) groups excluding carboxylic acids is 5. The molecular weight excluding hydrogens is 879 g/mol. The van der Waals surface area contributed by atoms with Crippen LogP contribution in [0.2, 0.25) is 18.1 Å². The molecule has 1 aliphatic heterocycles. The zero-order valence-electron chi connectivity index (χ0n) is 41.1. The van der Waals surface area contributed by atoms with Gasteiger partial charge in [-0.15, -0.1) is 0 Å². The minimum atomic E-state index is -2.71. The Morgan fingerprint density at radius 3 is 2.04 bits per heavy atom. The number of carbonyl (C=O) groups is 5. The van der Waals surface area contributed by atoms with E-state index in [1.54, 1.807) is 103 Å². The number of aliphatic hydroxyl groups excluding tert-OH is 1. The van der Waals surface area contributed by atoms with E-state index in [0.717, 1.165) is 0 Å². The molecule has 16 heteroatoms. The lowest BCUT2D eigenvalue weighted by Gasteiger charge is -2.68. The summed E-state index contributed by atoms with van der Waals surface area (Å²) in [5.74, 6) is -5.50. The lowest BCUT2D eigenvalue weighted by molar-refractivity contribution is -0.347. The number of methoxy groups -OCH3 is 1. The van der Waals surface area contributed by atoms with Gasteiger partial charge in [0.1, 0.15) is 29.5 Å². The molecule has 3 fully saturated rings. The van der Waals surface area contributed by atoms with Gasteiger partial charge in [-0.1, -0.05) is 83.1 Å². The highest BCUT2D eigenvalue weighted by Crippen LogP contribution is 2.65. The summed E-state index contributed by atoms with van der Waals surface area (Å²) < 4.78 is 44.4. The Labute approximate surface area is 395 Å². The Kier molecular flexibility index (Phi) is 15.1. The summed E-state index contributed by atoms with van der Waals surface area (Å²) >= 11 is 0. The van der Waals surface area contributed by atoms with Gasteiger partial charge < -0.3 is 48.4 Å². The van der Waals surface area contributed by atoms with Crippen molar-refractivity contribution in [2.75, 3.05) is 20.3 Å². The van der Waals surface area contributed by atoms with Crippen molar-refractivity contribution in [3.63, 3.8) is 0 Å². The molecule has 0 aromatic heterocycles. The van der Waals surface area contributed by atoms with Crippen LogP contribution >= 0.6 is 0 Å². The maximum absolute atomic E-state index is 15.8. The van der Waals surface area contributed by atoms with Crippen molar-refractivity contribution in [2.45, 2.75) is 160 Å². The Bertz CT molecular complexity index is 2180. The van der Waals surface area contributed by atoms with Gasteiger partial charge in [-0.25, -0.2) is 14.4 Å². The van der Waals surface area contributed by atoms with Gasteiger partial charge in [0.2, 0.25) is 0 Å². The first-order valence-corrected chi connectivity index (χ1v) is 26.1. The molecule has 1 amide bonds. The largest absolute Gasteiger partial charge is 0.456 e. The normalized spacial score (nSPS) is 31.0. The van der Waals surface area contributed by atoms with Crippen molar-refractivity contribution < 1.29 is 67.0 Å². The fraction of sp³-hybridized carbons (Fsp3) is 0.627. The molecule has 3 aliphatic carbocycles. The van der Waals surface area contributed by atoms with Crippen LogP contribution in [0, 0.1) is 22.7 Å². The summed E-state index contributed by atoms with van der Waals surface area (Å²) in [5.41, 5.74) is -6.49. The number of amides is 1. The summed E-state index contributed by atoms with van der Waals surface area (Å²) in [4.78, 5) is 72.5.